The first kappa shape index (κ1) is 14.8. The van der Waals surface area contributed by atoms with E-state index >= 15 is 0 Å². The van der Waals surface area contributed by atoms with Gasteiger partial charge in [-0.3, -0.25) is 0 Å². The lowest BCUT2D eigenvalue weighted by Crippen LogP contribution is -2.07. The summed E-state index contributed by atoms with van der Waals surface area (Å²) in [5.41, 5.74) is 5.45. The van der Waals surface area contributed by atoms with E-state index in [-0.39, 0.29) is 5.75 Å². The lowest BCUT2D eigenvalue weighted by atomic mass is 9.92. The van der Waals surface area contributed by atoms with Crippen molar-refractivity contribution >= 4 is 22.3 Å². The Balaban J connectivity index is 1.81. The van der Waals surface area contributed by atoms with Crippen molar-refractivity contribution in [1.82, 2.24) is 4.98 Å². The average molecular weight is 316 g/mol. The molecule has 3 heteroatoms. The number of H-pyrrole nitrogens is 1. The van der Waals surface area contributed by atoms with Gasteiger partial charge in [0.15, 0.2) is 0 Å². The molecule has 0 radical (unpaired) electrons. The Labute approximate surface area is 141 Å². The van der Waals surface area contributed by atoms with Gasteiger partial charge in [-0.25, -0.2) is 4.99 Å². The van der Waals surface area contributed by atoms with Crippen LogP contribution in [0.1, 0.15) is 31.2 Å². The van der Waals surface area contributed by atoms with Gasteiger partial charge in [0.1, 0.15) is 5.75 Å². The van der Waals surface area contributed by atoms with Crippen LogP contribution in [0.2, 0.25) is 0 Å². The molecule has 1 aliphatic carbocycles. The summed E-state index contributed by atoms with van der Waals surface area (Å²) in [4.78, 5) is 8.18. The quantitative estimate of drug-likeness (QED) is 0.616. The molecule has 0 aliphatic heterocycles. The molecule has 0 fully saturated rings. The molecule has 0 spiro atoms. The molecule has 1 aliphatic rings. The minimum Gasteiger partial charge on any atom is -0.508 e. The fourth-order valence-electron chi connectivity index (χ4n) is 3.23. The van der Waals surface area contributed by atoms with Gasteiger partial charge in [0.25, 0.3) is 0 Å². The van der Waals surface area contributed by atoms with Crippen molar-refractivity contribution in [2.45, 2.75) is 25.7 Å². The highest BCUT2D eigenvalue weighted by atomic mass is 16.3. The zero-order valence-corrected chi connectivity index (χ0v) is 13.5. The van der Waals surface area contributed by atoms with Crippen LogP contribution in [-0.4, -0.2) is 15.8 Å². The van der Waals surface area contributed by atoms with Gasteiger partial charge in [0, 0.05) is 22.7 Å². The van der Waals surface area contributed by atoms with Crippen molar-refractivity contribution in [3.63, 3.8) is 0 Å². The summed E-state index contributed by atoms with van der Waals surface area (Å²) in [7, 11) is 0. The topological polar surface area (TPSA) is 48.4 Å². The van der Waals surface area contributed by atoms with Crippen LogP contribution < -0.4 is 0 Å². The van der Waals surface area contributed by atoms with Crippen LogP contribution in [-0.2, 0) is 0 Å². The summed E-state index contributed by atoms with van der Waals surface area (Å²) in [5, 5.41) is 10.7. The molecule has 0 saturated carbocycles. The van der Waals surface area contributed by atoms with Gasteiger partial charge in [0.05, 0.1) is 11.4 Å². The average Bonchev–Trinajstić information content (AvgIpc) is 3.09. The third-order valence-electron chi connectivity index (χ3n) is 4.51. The maximum absolute atomic E-state index is 9.58. The Hall–Kier alpha value is -2.81. The van der Waals surface area contributed by atoms with Crippen LogP contribution >= 0.6 is 0 Å². The molecule has 2 N–H and O–H groups in total. The molecular weight excluding hydrogens is 296 g/mol. The Morgan fingerprint density at radius 1 is 1.00 bits per heavy atom. The van der Waals surface area contributed by atoms with E-state index in [2.05, 4.69) is 29.3 Å². The lowest BCUT2D eigenvalue weighted by Gasteiger charge is -2.16. The summed E-state index contributed by atoms with van der Waals surface area (Å²) in [6, 6.07) is 15.6. The molecule has 0 unspecified atom stereocenters. The van der Waals surface area contributed by atoms with Gasteiger partial charge in [-0.2, -0.15) is 0 Å². The number of hydrogen-bond donors (Lipinski definition) is 2. The molecule has 3 aromatic rings. The maximum atomic E-state index is 9.58. The summed E-state index contributed by atoms with van der Waals surface area (Å²) < 4.78 is 0. The van der Waals surface area contributed by atoms with Crippen molar-refractivity contribution in [2.75, 3.05) is 0 Å². The molecular formula is C21H20N2O. The second kappa shape index (κ2) is 6.36. The van der Waals surface area contributed by atoms with Gasteiger partial charge in [-0.1, -0.05) is 6.08 Å². The van der Waals surface area contributed by atoms with E-state index in [0.717, 1.165) is 35.3 Å². The van der Waals surface area contributed by atoms with E-state index < -0.39 is 0 Å². The van der Waals surface area contributed by atoms with Gasteiger partial charge in [0.2, 0.25) is 0 Å². The van der Waals surface area contributed by atoms with Gasteiger partial charge in [-0.05, 0) is 79.8 Å². The number of aliphatic imine (C=N–C) groups is 1. The number of rotatable bonds is 3. The zero-order valence-electron chi connectivity index (χ0n) is 13.5. The first-order valence-electron chi connectivity index (χ1n) is 8.44. The van der Waals surface area contributed by atoms with E-state index in [9.17, 15) is 5.11 Å². The Kier molecular flexibility index (Phi) is 3.91. The molecule has 24 heavy (non-hydrogen) atoms. The highest BCUT2D eigenvalue weighted by Crippen LogP contribution is 2.27. The van der Waals surface area contributed by atoms with Crippen LogP contribution in [0.4, 0.5) is 5.69 Å². The van der Waals surface area contributed by atoms with Crippen LogP contribution in [0.3, 0.4) is 0 Å². The molecule has 0 atom stereocenters. The highest BCUT2D eigenvalue weighted by Gasteiger charge is 2.13. The first-order valence-corrected chi connectivity index (χ1v) is 8.44. The summed E-state index contributed by atoms with van der Waals surface area (Å²) >= 11 is 0. The number of phenols is 1. The molecule has 0 amide bonds. The normalized spacial score (nSPS) is 15.5. The second-order valence-corrected chi connectivity index (χ2v) is 6.23. The zero-order chi connectivity index (χ0) is 16.4. The van der Waals surface area contributed by atoms with Crippen molar-refractivity contribution in [2.24, 2.45) is 4.99 Å². The lowest BCUT2D eigenvalue weighted by molar-refractivity contribution is 0.475. The van der Waals surface area contributed by atoms with E-state index in [1.807, 2.05) is 24.4 Å². The summed E-state index contributed by atoms with van der Waals surface area (Å²) in [5.74, 6) is 0.282. The molecule has 0 bridgehead atoms. The van der Waals surface area contributed by atoms with Crippen LogP contribution in [0, 0.1) is 0 Å². The van der Waals surface area contributed by atoms with Gasteiger partial charge < -0.3 is 10.1 Å². The number of allylic oxidation sites excluding steroid dienone is 2. The van der Waals surface area contributed by atoms with E-state index in [1.54, 1.807) is 12.1 Å². The predicted molar refractivity (Wildman–Crippen MR) is 99.2 cm³/mol. The smallest absolute Gasteiger partial charge is 0.115 e. The number of benzene rings is 2. The Morgan fingerprint density at radius 3 is 2.67 bits per heavy atom. The summed E-state index contributed by atoms with van der Waals surface area (Å²) in [6.07, 6.45) is 8.89. The molecule has 120 valence electrons. The minimum absolute atomic E-state index is 0.282. The van der Waals surface area contributed by atoms with E-state index in [0.29, 0.717) is 0 Å². The largest absolute Gasteiger partial charge is 0.508 e. The van der Waals surface area contributed by atoms with Crippen molar-refractivity contribution in [3.8, 4) is 5.75 Å². The first-order chi connectivity index (χ1) is 11.8. The number of phenolic OH excluding ortho intramolecular Hbond substituents is 1. The Bertz CT molecular complexity index is 916. The number of aromatic amines is 1. The number of aromatic hydroxyl groups is 1. The van der Waals surface area contributed by atoms with E-state index in [1.165, 1.54) is 23.8 Å². The van der Waals surface area contributed by atoms with E-state index in [4.69, 9.17) is 4.99 Å². The fraction of sp³-hybridized carbons (Fsp3) is 0.190. The number of nitrogens with zero attached hydrogens (tertiary/aromatic N) is 1. The van der Waals surface area contributed by atoms with Crippen molar-refractivity contribution in [1.29, 1.82) is 0 Å². The fourth-order valence-corrected chi connectivity index (χ4v) is 3.23. The standard InChI is InChI=1S/C21H20N2O/c24-19-9-6-16(7-10-19)21(15-4-2-1-3-5-15)23-18-8-11-20-17(14-18)12-13-22-20/h4,6-14,22,24H,1-3,5H2/b23-21+. The Morgan fingerprint density at radius 2 is 1.88 bits per heavy atom. The monoisotopic (exact) mass is 316 g/mol. The highest BCUT2D eigenvalue weighted by molar-refractivity contribution is 6.14. The van der Waals surface area contributed by atoms with Gasteiger partial charge >= 0.3 is 0 Å². The number of fused-ring (bicyclic) bond motifs is 1. The maximum Gasteiger partial charge on any atom is 0.115 e. The number of aromatic nitrogens is 1. The van der Waals surface area contributed by atoms with Crippen molar-refractivity contribution in [3.05, 3.63) is 71.9 Å². The third kappa shape index (κ3) is 2.98. The number of nitrogens with one attached hydrogen (secondary N) is 1. The minimum atomic E-state index is 0.282. The van der Waals surface area contributed by atoms with Gasteiger partial charge in [-0.15, -0.1) is 0 Å². The summed E-state index contributed by atoms with van der Waals surface area (Å²) in [6.45, 7) is 0. The molecule has 4 rings (SSSR count). The van der Waals surface area contributed by atoms with Crippen molar-refractivity contribution < 1.29 is 5.11 Å². The SMILES string of the molecule is Oc1ccc(/C(=N/c2ccc3[nH]ccc3c2)C2=CCCCC2)cc1. The third-order valence-corrected chi connectivity index (χ3v) is 4.51. The predicted octanol–water partition coefficient (Wildman–Crippen LogP) is 5.49. The molecule has 2 aromatic carbocycles. The van der Waals surface area contributed by atoms with Crippen LogP contribution in [0.25, 0.3) is 10.9 Å². The molecule has 0 saturated heterocycles. The number of hydrogen-bond acceptors (Lipinski definition) is 2. The molecule has 3 nitrogen and oxygen atoms in total. The van der Waals surface area contributed by atoms with Crippen LogP contribution in [0.5, 0.6) is 5.75 Å². The van der Waals surface area contributed by atoms with Crippen LogP contribution in [0.15, 0.2) is 71.4 Å². The molecule has 1 heterocycles. The second-order valence-electron chi connectivity index (χ2n) is 6.23. The molecule has 1 aromatic heterocycles.